The SMILES string of the molecule is Cc1cc(Cl)nc(Cl)c1S. The lowest BCUT2D eigenvalue weighted by Gasteiger charge is -1.99. The Morgan fingerprint density at radius 3 is 2.60 bits per heavy atom. The maximum atomic E-state index is 5.65. The van der Waals surface area contributed by atoms with E-state index in [9.17, 15) is 0 Å². The number of aromatic nitrogens is 1. The Bertz CT molecular complexity index is 239. The fourth-order valence-electron chi connectivity index (χ4n) is 0.589. The summed E-state index contributed by atoms with van der Waals surface area (Å²) >= 11 is 15.3. The van der Waals surface area contributed by atoms with Crippen molar-refractivity contribution in [2.24, 2.45) is 0 Å². The van der Waals surface area contributed by atoms with Crippen LogP contribution in [0.2, 0.25) is 10.3 Å². The third-order valence-corrected chi connectivity index (χ3v) is 2.27. The van der Waals surface area contributed by atoms with Crippen LogP contribution in [0.4, 0.5) is 0 Å². The predicted octanol–water partition coefficient (Wildman–Crippen LogP) is 2.99. The number of aryl methyl sites for hydroxylation is 1. The molecule has 54 valence electrons. The molecule has 0 aliphatic rings. The van der Waals surface area contributed by atoms with E-state index < -0.39 is 0 Å². The minimum Gasteiger partial charge on any atom is -0.223 e. The van der Waals surface area contributed by atoms with E-state index in [2.05, 4.69) is 17.6 Å². The molecule has 0 aliphatic heterocycles. The van der Waals surface area contributed by atoms with E-state index in [-0.39, 0.29) is 0 Å². The van der Waals surface area contributed by atoms with Crippen LogP contribution in [0.25, 0.3) is 0 Å². The van der Waals surface area contributed by atoms with Gasteiger partial charge < -0.3 is 0 Å². The number of hydrogen-bond donors (Lipinski definition) is 1. The number of thiol groups is 1. The summed E-state index contributed by atoms with van der Waals surface area (Å²) in [5, 5.41) is 0.758. The first-order valence-corrected chi connectivity index (χ1v) is 3.83. The van der Waals surface area contributed by atoms with Crippen molar-refractivity contribution in [1.29, 1.82) is 0 Å². The Kier molecular flexibility index (Phi) is 2.45. The molecular weight excluding hydrogens is 189 g/mol. The molecule has 0 aliphatic carbocycles. The summed E-state index contributed by atoms with van der Waals surface area (Å²) < 4.78 is 0. The number of hydrogen-bond acceptors (Lipinski definition) is 2. The van der Waals surface area contributed by atoms with Crippen molar-refractivity contribution in [2.45, 2.75) is 11.8 Å². The van der Waals surface area contributed by atoms with Gasteiger partial charge in [-0.25, -0.2) is 4.98 Å². The summed E-state index contributed by atoms with van der Waals surface area (Å²) in [6.07, 6.45) is 0. The van der Waals surface area contributed by atoms with E-state index in [1.165, 1.54) is 0 Å². The second-order valence-electron chi connectivity index (χ2n) is 1.90. The van der Waals surface area contributed by atoms with E-state index in [4.69, 9.17) is 23.2 Å². The minimum absolute atomic E-state index is 0.355. The van der Waals surface area contributed by atoms with Crippen molar-refractivity contribution in [3.63, 3.8) is 0 Å². The summed E-state index contributed by atoms with van der Waals surface area (Å²) in [7, 11) is 0. The Morgan fingerprint density at radius 2 is 2.10 bits per heavy atom. The van der Waals surface area contributed by atoms with Gasteiger partial charge in [-0.05, 0) is 18.6 Å². The number of nitrogens with zero attached hydrogens (tertiary/aromatic N) is 1. The summed E-state index contributed by atoms with van der Waals surface area (Å²) in [4.78, 5) is 4.47. The normalized spacial score (nSPS) is 10.0. The molecule has 0 radical (unpaired) electrons. The molecule has 0 N–H and O–H groups in total. The average molecular weight is 194 g/mol. The first kappa shape index (κ1) is 8.18. The highest BCUT2D eigenvalue weighted by molar-refractivity contribution is 7.80. The lowest BCUT2D eigenvalue weighted by molar-refractivity contribution is 1.18. The molecule has 0 aromatic carbocycles. The van der Waals surface area contributed by atoms with Crippen LogP contribution in [0.3, 0.4) is 0 Å². The molecular formula is C6H5Cl2NS. The predicted molar refractivity (Wildman–Crippen MR) is 46.2 cm³/mol. The number of pyridine rings is 1. The quantitative estimate of drug-likeness (QED) is 0.494. The Morgan fingerprint density at radius 1 is 1.50 bits per heavy atom. The standard InChI is InChI=1S/C6H5Cl2NS/c1-3-2-4(7)9-6(8)5(3)10/h2,10H,1H3. The van der Waals surface area contributed by atoms with Gasteiger partial charge in [0.2, 0.25) is 0 Å². The largest absolute Gasteiger partial charge is 0.223 e. The molecule has 0 saturated carbocycles. The van der Waals surface area contributed by atoms with Crippen LogP contribution in [0.1, 0.15) is 5.56 Å². The third-order valence-electron chi connectivity index (χ3n) is 1.11. The van der Waals surface area contributed by atoms with Crippen LogP contribution >= 0.6 is 35.8 Å². The van der Waals surface area contributed by atoms with Crippen LogP contribution in [0.15, 0.2) is 11.0 Å². The average Bonchev–Trinajstić information content (AvgIpc) is 1.82. The highest BCUT2D eigenvalue weighted by Crippen LogP contribution is 2.23. The molecule has 4 heteroatoms. The first-order valence-electron chi connectivity index (χ1n) is 2.63. The molecule has 1 nitrogen and oxygen atoms in total. The number of rotatable bonds is 0. The molecule has 0 atom stereocenters. The van der Waals surface area contributed by atoms with Gasteiger partial charge >= 0.3 is 0 Å². The zero-order valence-electron chi connectivity index (χ0n) is 5.23. The van der Waals surface area contributed by atoms with Gasteiger partial charge in [0.15, 0.2) is 0 Å². The summed E-state index contributed by atoms with van der Waals surface area (Å²) in [5.74, 6) is 0. The van der Waals surface area contributed by atoms with Gasteiger partial charge in [-0.1, -0.05) is 23.2 Å². The molecule has 1 heterocycles. The smallest absolute Gasteiger partial charge is 0.144 e. The van der Waals surface area contributed by atoms with Gasteiger partial charge in [0.05, 0.1) is 0 Å². The van der Waals surface area contributed by atoms with Crippen molar-refractivity contribution in [1.82, 2.24) is 4.98 Å². The van der Waals surface area contributed by atoms with Gasteiger partial charge in [0, 0.05) is 4.90 Å². The monoisotopic (exact) mass is 193 g/mol. The molecule has 0 fully saturated rings. The van der Waals surface area contributed by atoms with Crippen LogP contribution < -0.4 is 0 Å². The highest BCUT2D eigenvalue weighted by atomic mass is 35.5. The minimum atomic E-state index is 0.355. The van der Waals surface area contributed by atoms with Crippen molar-refractivity contribution < 1.29 is 0 Å². The topological polar surface area (TPSA) is 12.9 Å². The van der Waals surface area contributed by atoms with Gasteiger partial charge in [0.1, 0.15) is 10.3 Å². The molecule has 10 heavy (non-hydrogen) atoms. The molecule has 1 aromatic rings. The molecule has 1 rings (SSSR count). The molecule has 0 saturated heterocycles. The van der Waals surface area contributed by atoms with Crippen molar-refractivity contribution in [2.75, 3.05) is 0 Å². The lowest BCUT2D eigenvalue weighted by Crippen LogP contribution is -1.83. The van der Waals surface area contributed by atoms with E-state index in [0.717, 1.165) is 5.56 Å². The van der Waals surface area contributed by atoms with Gasteiger partial charge in [-0.15, -0.1) is 12.6 Å². The highest BCUT2D eigenvalue weighted by Gasteiger charge is 2.01. The zero-order valence-corrected chi connectivity index (χ0v) is 7.63. The first-order chi connectivity index (χ1) is 4.61. The molecule has 0 bridgehead atoms. The van der Waals surface area contributed by atoms with E-state index in [0.29, 0.717) is 15.2 Å². The third kappa shape index (κ3) is 1.57. The maximum Gasteiger partial charge on any atom is 0.144 e. The van der Waals surface area contributed by atoms with Crippen LogP contribution in [-0.4, -0.2) is 4.98 Å². The molecule has 0 spiro atoms. The van der Waals surface area contributed by atoms with Crippen LogP contribution in [0.5, 0.6) is 0 Å². The second kappa shape index (κ2) is 2.99. The number of halogens is 2. The van der Waals surface area contributed by atoms with Gasteiger partial charge in [-0.2, -0.15) is 0 Å². The Balaban J connectivity index is 3.31. The molecule has 1 aromatic heterocycles. The molecule has 0 amide bonds. The fraction of sp³-hybridized carbons (Fsp3) is 0.167. The maximum absolute atomic E-state index is 5.65. The second-order valence-corrected chi connectivity index (χ2v) is 3.09. The fourth-order valence-corrected chi connectivity index (χ4v) is 1.23. The van der Waals surface area contributed by atoms with E-state index >= 15 is 0 Å². The van der Waals surface area contributed by atoms with Crippen molar-refractivity contribution in [3.8, 4) is 0 Å². The van der Waals surface area contributed by atoms with E-state index in [1.54, 1.807) is 6.07 Å². The van der Waals surface area contributed by atoms with Gasteiger partial charge in [0.25, 0.3) is 0 Å². The van der Waals surface area contributed by atoms with Crippen molar-refractivity contribution >= 4 is 35.8 Å². The van der Waals surface area contributed by atoms with E-state index in [1.807, 2.05) is 6.92 Å². The summed E-state index contributed by atoms with van der Waals surface area (Å²) in [5.41, 5.74) is 0.938. The van der Waals surface area contributed by atoms with Crippen LogP contribution in [0, 0.1) is 6.92 Å². The lowest BCUT2D eigenvalue weighted by atomic mass is 10.3. The zero-order chi connectivity index (χ0) is 7.72. The molecule has 0 unspecified atom stereocenters. The Labute approximate surface area is 74.8 Å². The van der Waals surface area contributed by atoms with Crippen LogP contribution in [-0.2, 0) is 0 Å². The Hall–Kier alpha value is 0.0800. The van der Waals surface area contributed by atoms with Gasteiger partial charge in [-0.3, -0.25) is 0 Å². The van der Waals surface area contributed by atoms with Crippen molar-refractivity contribution in [3.05, 3.63) is 21.9 Å². The summed E-state index contributed by atoms with van der Waals surface area (Å²) in [6.45, 7) is 1.88. The summed E-state index contributed by atoms with van der Waals surface area (Å²) in [6, 6.07) is 1.72.